The molecule has 0 radical (unpaired) electrons. The third-order valence-electron chi connectivity index (χ3n) is 5.88. The van der Waals surface area contributed by atoms with Gasteiger partial charge in [-0.25, -0.2) is 4.18 Å². The predicted octanol–water partition coefficient (Wildman–Crippen LogP) is 3.68. The zero-order valence-corrected chi connectivity index (χ0v) is 22.1. The Kier molecular flexibility index (Phi) is 8.03. The average molecular weight is 569 g/mol. The summed E-state index contributed by atoms with van der Waals surface area (Å²) in [6.07, 6.45) is -5.56. The summed E-state index contributed by atoms with van der Waals surface area (Å²) in [5, 5.41) is 0. The Hall–Kier alpha value is -2.74. The van der Waals surface area contributed by atoms with Crippen molar-refractivity contribution >= 4 is 20.2 Å². The van der Waals surface area contributed by atoms with Crippen molar-refractivity contribution in [2.75, 3.05) is 19.1 Å². The number of benzene rings is 3. The van der Waals surface area contributed by atoms with Gasteiger partial charge in [0, 0.05) is 0 Å². The van der Waals surface area contributed by atoms with E-state index in [1.165, 1.54) is 0 Å². The molecule has 3 atom stereocenters. The highest BCUT2D eigenvalue weighted by Crippen LogP contribution is 2.44. The fourth-order valence-electron chi connectivity index (χ4n) is 4.37. The van der Waals surface area contributed by atoms with Crippen molar-refractivity contribution in [1.29, 1.82) is 0 Å². The van der Waals surface area contributed by atoms with Crippen LogP contribution < -0.4 is 0 Å². The van der Waals surface area contributed by atoms with Gasteiger partial charge in [-0.2, -0.15) is 25.6 Å². The Labute approximate surface area is 220 Å². The smallest absolute Gasteiger partial charge is 0.328 e. The van der Waals surface area contributed by atoms with Crippen LogP contribution in [0.15, 0.2) is 91.0 Å². The van der Waals surface area contributed by atoms with Crippen LogP contribution in [0.1, 0.15) is 16.7 Å². The lowest BCUT2D eigenvalue weighted by atomic mass is 9.80. The maximum atomic E-state index is 15.2. The summed E-state index contributed by atoms with van der Waals surface area (Å²) in [5.74, 6) is -4.14. The minimum Gasteiger partial charge on any atom is -0.358 e. The summed E-state index contributed by atoms with van der Waals surface area (Å²) in [4.78, 5) is 0. The Morgan fingerprint density at radius 3 is 1.50 bits per heavy atom. The number of rotatable bonds is 10. The average Bonchev–Trinajstić information content (AvgIpc) is 3.08. The number of ether oxygens (including phenoxy) is 2. The lowest BCUT2D eigenvalue weighted by Gasteiger charge is -2.37. The van der Waals surface area contributed by atoms with Gasteiger partial charge in [0.15, 0.2) is 6.10 Å². The summed E-state index contributed by atoms with van der Waals surface area (Å²) in [5.41, 5.74) is 0.637. The van der Waals surface area contributed by atoms with Gasteiger partial charge < -0.3 is 9.47 Å². The van der Waals surface area contributed by atoms with Crippen LogP contribution in [0.25, 0.3) is 0 Å². The third kappa shape index (κ3) is 6.11. The molecule has 0 spiro atoms. The van der Waals surface area contributed by atoms with E-state index in [9.17, 15) is 16.8 Å². The summed E-state index contributed by atoms with van der Waals surface area (Å²) in [6.45, 7) is -0.613. The van der Waals surface area contributed by atoms with Crippen LogP contribution in [0, 0.1) is 0 Å². The third-order valence-corrected chi connectivity index (χ3v) is 6.96. The molecule has 8 nitrogen and oxygen atoms in total. The number of hydrogen-bond acceptors (Lipinski definition) is 8. The van der Waals surface area contributed by atoms with Gasteiger partial charge in [0.25, 0.3) is 20.2 Å². The SMILES string of the molecule is CS(=O)(=O)O[C@H]1O[C@H](COC(c2ccccc2)(c2ccccc2)c2ccccc2)[C@@H](OS(C)(=O)=O)C1(F)F. The Morgan fingerprint density at radius 2 is 1.13 bits per heavy atom. The lowest BCUT2D eigenvalue weighted by molar-refractivity contribution is -0.182. The van der Waals surface area contributed by atoms with Crippen molar-refractivity contribution in [2.45, 2.75) is 30.0 Å². The van der Waals surface area contributed by atoms with Crippen LogP contribution in [-0.4, -0.2) is 60.4 Å². The first kappa shape index (κ1) is 28.3. The van der Waals surface area contributed by atoms with Crippen LogP contribution in [0.5, 0.6) is 0 Å². The van der Waals surface area contributed by atoms with E-state index in [4.69, 9.17) is 13.7 Å². The minimum atomic E-state index is -4.41. The predicted molar refractivity (Wildman–Crippen MR) is 134 cm³/mol. The molecule has 0 saturated carbocycles. The molecular formula is C26H26F2O8S2. The first-order valence-electron chi connectivity index (χ1n) is 11.4. The van der Waals surface area contributed by atoms with Gasteiger partial charge in [-0.1, -0.05) is 91.0 Å². The van der Waals surface area contributed by atoms with Crippen LogP contribution in [0.2, 0.25) is 0 Å². The van der Waals surface area contributed by atoms with Crippen LogP contribution >= 0.6 is 0 Å². The monoisotopic (exact) mass is 568 g/mol. The van der Waals surface area contributed by atoms with Crippen molar-refractivity contribution in [3.63, 3.8) is 0 Å². The molecule has 0 unspecified atom stereocenters. The highest BCUT2D eigenvalue weighted by atomic mass is 32.2. The molecule has 4 rings (SSSR count). The lowest BCUT2D eigenvalue weighted by Crippen LogP contribution is -2.46. The van der Waals surface area contributed by atoms with E-state index >= 15 is 8.78 Å². The summed E-state index contributed by atoms with van der Waals surface area (Å²) >= 11 is 0. The van der Waals surface area contributed by atoms with Gasteiger partial charge in [-0.3, -0.25) is 4.18 Å². The van der Waals surface area contributed by atoms with Crippen molar-refractivity contribution < 1.29 is 43.5 Å². The van der Waals surface area contributed by atoms with E-state index < -0.39 is 56.9 Å². The maximum absolute atomic E-state index is 15.2. The first-order valence-corrected chi connectivity index (χ1v) is 15.1. The Balaban J connectivity index is 1.80. The molecule has 0 aromatic heterocycles. The van der Waals surface area contributed by atoms with E-state index in [1.54, 1.807) is 36.4 Å². The van der Waals surface area contributed by atoms with Gasteiger partial charge in [-0.05, 0) is 16.7 Å². The Morgan fingerprint density at radius 1 is 0.737 bits per heavy atom. The molecule has 12 heteroatoms. The molecule has 1 aliphatic heterocycles. The molecule has 1 heterocycles. The second-order valence-corrected chi connectivity index (χ2v) is 12.0. The van der Waals surface area contributed by atoms with E-state index in [2.05, 4.69) is 4.18 Å². The molecule has 0 bridgehead atoms. The van der Waals surface area contributed by atoms with Crippen molar-refractivity contribution in [2.24, 2.45) is 0 Å². The number of halogens is 2. The molecule has 38 heavy (non-hydrogen) atoms. The van der Waals surface area contributed by atoms with Crippen molar-refractivity contribution in [3.05, 3.63) is 108 Å². The van der Waals surface area contributed by atoms with Gasteiger partial charge >= 0.3 is 5.92 Å². The zero-order valence-electron chi connectivity index (χ0n) is 20.4. The van der Waals surface area contributed by atoms with Crippen LogP contribution in [0.4, 0.5) is 8.78 Å². The number of alkyl halides is 2. The largest absolute Gasteiger partial charge is 0.358 e. The summed E-state index contributed by atoms with van der Waals surface area (Å²) in [7, 11) is -8.80. The zero-order chi connectivity index (χ0) is 27.6. The topological polar surface area (TPSA) is 105 Å². The van der Waals surface area contributed by atoms with Gasteiger partial charge in [-0.15, -0.1) is 0 Å². The molecule has 1 fully saturated rings. The fraction of sp³-hybridized carbons (Fsp3) is 0.308. The van der Waals surface area contributed by atoms with E-state index in [0.29, 0.717) is 29.2 Å². The molecular weight excluding hydrogens is 542 g/mol. The molecule has 0 amide bonds. The maximum Gasteiger partial charge on any atom is 0.328 e. The molecule has 3 aromatic rings. The molecule has 204 valence electrons. The molecule has 1 saturated heterocycles. The first-order chi connectivity index (χ1) is 17.8. The van der Waals surface area contributed by atoms with Gasteiger partial charge in [0.05, 0.1) is 19.1 Å². The number of hydrogen-bond donors (Lipinski definition) is 0. The van der Waals surface area contributed by atoms with E-state index in [-0.39, 0.29) is 0 Å². The normalized spacial score (nSPS) is 21.8. The fourth-order valence-corrected chi connectivity index (χ4v) is 5.49. The highest BCUT2D eigenvalue weighted by Gasteiger charge is 2.63. The van der Waals surface area contributed by atoms with E-state index in [0.717, 1.165) is 0 Å². The van der Waals surface area contributed by atoms with E-state index in [1.807, 2.05) is 54.6 Å². The van der Waals surface area contributed by atoms with Gasteiger partial charge in [0.2, 0.25) is 6.29 Å². The molecule has 0 N–H and O–H groups in total. The quantitative estimate of drug-likeness (QED) is 0.270. The minimum absolute atomic E-state index is 0.577. The van der Waals surface area contributed by atoms with Crippen molar-refractivity contribution in [3.8, 4) is 0 Å². The van der Waals surface area contributed by atoms with Crippen LogP contribution in [-0.2, 0) is 43.7 Å². The summed E-state index contributed by atoms with van der Waals surface area (Å²) in [6, 6.07) is 27.1. The van der Waals surface area contributed by atoms with Gasteiger partial charge in [0.1, 0.15) is 11.7 Å². The molecule has 3 aromatic carbocycles. The second-order valence-electron chi connectivity index (χ2n) is 8.79. The molecule has 1 aliphatic rings. The second kappa shape index (κ2) is 10.8. The Bertz CT molecular complexity index is 1340. The summed E-state index contributed by atoms with van der Waals surface area (Å²) < 4.78 is 98.2. The van der Waals surface area contributed by atoms with Crippen LogP contribution in [0.3, 0.4) is 0 Å². The van der Waals surface area contributed by atoms with Crippen molar-refractivity contribution in [1.82, 2.24) is 0 Å². The highest BCUT2D eigenvalue weighted by molar-refractivity contribution is 7.86. The molecule has 0 aliphatic carbocycles. The standard InChI is InChI=1S/C26H26F2O8S2/c1-37(29,30)35-23-22(34-24(26(23,27)28)36-38(2,31)32)18-33-25(19-12-6-3-7-13-19,20-14-8-4-9-15-20)21-16-10-5-11-17-21/h3-17,22-24H,18H2,1-2H3/t22-,23-,24-/m1/s1.